The van der Waals surface area contributed by atoms with Crippen LogP contribution in [0.2, 0.25) is 0 Å². The van der Waals surface area contributed by atoms with Crippen molar-refractivity contribution in [1.29, 1.82) is 0 Å². The second kappa shape index (κ2) is 2.24. The molecular formula is C10H18N2O2. The Morgan fingerprint density at radius 2 is 1.93 bits per heavy atom. The normalized spacial score (nSPS) is 45.0. The van der Waals surface area contributed by atoms with Gasteiger partial charge in [0.25, 0.3) is 0 Å². The summed E-state index contributed by atoms with van der Waals surface area (Å²) in [7, 11) is 0. The second-order valence-electron chi connectivity index (χ2n) is 5.87. The van der Waals surface area contributed by atoms with Crippen molar-refractivity contribution >= 4 is 6.09 Å². The molecule has 0 aromatic rings. The van der Waals surface area contributed by atoms with Gasteiger partial charge in [0.15, 0.2) is 0 Å². The highest BCUT2D eigenvalue weighted by molar-refractivity contribution is 5.66. The number of carbonyl (C=O) groups is 1. The first-order valence-corrected chi connectivity index (χ1v) is 4.97. The largest absolute Gasteiger partial charge is 0.443 e. The maximum atomic E-state index is 10.8. The molecule has 3 rings (SSSR count). The predicted molar refractivity (Wildman–Crippen MR) is 52.5 cm³/mol. The number of hydrogen-bond acceptors (Lipinski definition) is 3. The predicted octanol–water partition coefficient (Wildman–Crippen LogP) is 0.988. The Morgan fingerprint density at radius 1 is 1.43 bits per heavy atom. The van der Waals surface area contributed by atoms with Gasteiger partial charge in [-0.3, -0.25) is 0 Å². The molecule has 80 valence electrons. The van der Waals surface area contributed by atoms with Crippen molar-refractivity contribution in [3.05, 3.63) is 0 Å². The number of amides is 1. The molecule has 3 saturated carbocycles. The van der Waals surface area contributed by atoms with Crippen molar-refractivity contribution < 1.29 is 9.53 Å². The molecule has 1 amide bonds. The van der Waals surface area contributed by atoms with E-state index in [0.29, 0.717) is 0 Å². The van der Waals surface area contributed by atoms with Crippen LogP contribution >= 0.6 is 0 Å². The molecule has 1 atom stereocenters. The van der Waals surface area contributed by atoms with E-state index in [1.807, 2.05) is 0 Å². The molecule has 0 radical (unpaired) electrons. The van der Waals surface area contributed by atoms with Gasteiger partial charge in [-0.15, -0.1) is 0 Å². The lowest BCUT2D eigenvalue weighted by Gasteiger charge is -2.76. The van der Waals surface area contributed by atoms with Crippen LogP contribution in [0.15, 0.2) is 0 Å². The molecule has 4 nitrogen and oxygen atoms in total. The van der Waals surface area contributed by atoms with Gasteiger partial charge >= 0.3 is 6.09 Å². The van der Waals surface area contributed by atoms with Crippen LogP contribution < -0.4 is 11.5 Å². The van der Waals surface area contributed by atoms with Crippen LogP contribution in [0.3, 0.4) is 0 Å². The van der Waals surface area contributed by atoms with Crippen molar-refractivity contribution in [2.24, 2.45) is 22.8 Å². The first-order chi connectivity index (χ1) is 6.20. The van der Waals surface area contributed by atoms with Gasteiger partial charge in [-0.05, 0) is 5.41 Å². The second-order valence-corrected chi connectivity index (χ2v) is 5.87. The van der Waals surface area contributed by atoms with E-state index in [0.717, 1.165) is 12.8 Å². The van der Waals surface area contributed by atoms with Crippen LogP contribution in [0.5, 0.6) is 0 Å². The summed E-state index contributed by atoms with van der Waals surface area (Å²) in [5.41, 5.74) is 10.8. The minimum absolute atomic E-state index is 0.0701. The highest BCUT2D eigenvalue weighted by Gasteiger charge is 2.79. The molecule has 0 heterocycles. The van der Waals surface area contributed by atoms with Crippen LogP contribution in [-0.2, 0) is 4.74 Å². The van der Waals surface area contributed by atoms with Crippen molar-refractivity contribution in [2.45, 2.75) is 44.8 Å². The quantitative estimate of drug-likeness (QED) is 0.659. The highest BCUT2D eigenvalue weighted by Crippen LogP contribution is 2.70. The molecule has 3 aliphatic rings. The summed E-state index contributed by atoms with van der Waals surface area (Å²) in [6, 6.07) is 0. The van der Waals surface area contributed by atoms with Crippen LogP contribution in [0.4, 0.5) is 4.79 Å². The summed E-state index contributed by atoms with van der Waals surface area (Å²) < 4.78 is 5.20. The van der Waals surface area contributed by atoms with E-state index in [4.69, 9.17) is 16.2 Å². The van der Waals surface area contributed by atoms with E-state index >= 15 is 0 Å². The minimum atomic E-state index is -0.680. The van der Waals surface area contributed by atoms with Gasteiger partial charge in [-0.1, -0.05) is 20.8 Å². The zero-order valence-corrected chi connectivity index (χ0v) is 8.96. The first kappa shape index (κ1) is 9.77. The van der Waals surface area contributed by atoms with Crippen molar-refractivity contribution in [1.82, 2.24) is 0 Å². The van der Waals surface area contributed by atoms with E-state index in [9.17, 15) is 4.79 Å². The summed E-state index contributed by atoms with van der Waals surface area (Å²) in [6.45, 7) is 6.37. The number of rotatable bonds is 1. The Balaban J connectivity index is 2.15. The molecule has 0 aliphatic heterocycles. The Morgan fingerprint density at radius 3 is 2.21 bits per heavy atom. The molecule has 0 saturated heterocycles. The third-order valence-corrected chi connectivity index (χ3v) is 3.53. The average molecular weight is 198 g/mol. The molecular weight excluding hydrogens is 180 g/mol. The molecule has 0 aromatic carbocycles. The summed E-state index contributed by atoms with van der Waals surface area (Å²) in [4.78, 5) is 10.8. The van der Waals surface area contributed by atoms with Gasteiger partial charge in [0, 0.05) is 24.3 Å². The summed E-state index contributed by atoms with van der Waals surface area (Å²) in [5, 5.41) is 0. The van der Waals surface area contributed by atoms with E-state index in [1.165, 1.54) is 0 Å². The topological polar surface area (TPSA) is 78.3 Å². The van der Waals surface area contributed by atoms with Crippen LogP contribution in [0.25, 0.3) is 0 Å². The number of ether oxygens (including phenoxy) is 1. The van der Waals surface area contributed by atoms with Gasteiger partial charge in [-0.2, -0.15) is 0 Å². The molecule has 2 bridgehead atoms. The van der Waals surface area contributed by atoms with E-state index in [-0.39, 0.29) is 22.5 Å². The monoisotopic (exact) mass is 198 g/mol. The smallest absolute Gasteiger partial charge is 0.405 e. The molecule has 4 N–H and O–H groups in total. The Bertz CT molecular complexity index is 282. The zero-order chi connectivity index (χ0) is 10.8. The van der Waals surface area contributed by atoms with Crippen LogP contribution in [-0.4, -0.2) is 17.2 Å². The fraction of sp³-hybridized carbons (Fsp3) is 0.900. The lowest BCUT2D eigenvalue weighted by molar-refractivity contribution is -0.294. The molecule has 14 heavy (non-hydrogen) atoms. The third kappa shape index (κ3) is 1.00. The number of hydrogen-bond donors (Lipinski definition) is 2. The minimum Gasteiger partial charge on any atom is -0.443 e. The summed E-state index contributed by atoms with van der Waals surface area (Å²) >= 11 is 0. The molecule has 1 unspecified atom stereocenters. The molecule has 4 heteroatoms. The molecule has 3 fully saturated rings. The maximum absolute atomic E-state index is 10.8. The zero-order valence-electron chi connectivity index (χ0n) is 8.96. The fourth-order valence-electron chi connectivity index (χ4n) is 3.72. The van der Waals surface area contributed by atoms with Crippen LogP contribution in [0, 0.1) is 11.3 Å². The highest BCUT2D eigenvalue weighted by atomic mass is 16.6. The Hall–Kier alpha value is -0.770. The van der Waals surface area contributed by atoms with Crippen molar-refractivity contribution in [2.75, 3.05) is 0 Å². The van der Waals surface area contributed by atoms with E-state index in [1.54, 1.807) is 0 Å². The lowest BCUT2D eigenvalue weighted by Crippen LogP contribution is -2.87. The SMILES string of the molecule is CC(C)(C)C1C2(N)CC1(OC(N)=O)C2. The van der Waals surface area contributed by atoms with E-state index in [2.05, 4.69) is 20.8 Å². The fourth-order valence-corrected chi connectivity index (χ4v) is 3.72. The lowest BCUT2D eigenvalue weighted by atomic mass is 9.34. The Labute approximate surface area is 84.0 Å². The van der Waals surface area contributed by atoms with Gasteiger partial charge in [-0.25, -0.2) is 4.79 Å². The standard InChI is InChI=1S/C10H18N2O2/c1-8(2,3)6-9(12)4-10(6,5-9)14-7(11)13/h6H,4-5,12H2,1-3H3,(H2,11,13). The van der Waals surface area contributed by atoms with Crippen molar-refractivity contribution in [3.8, 4) is 0 Å². The first-order valence-electron chi connectivity index (χ1n) is 4.97. The third-order valence-electron chi connectivity index (χ3n) is 3.53. The Kier molecular flexibility index (Phi) is 1.56. The van der Waals surface area contributed by atoms with Crippen LogP contribution in [0.1, 0.15) is 33.6 Å². The van der Waals surface area contributed by atoms with Gasteiger partial charge in [0.1, 0.15) is 5.60 Å². The molecule has 0 spiro atoms. The molecule has 3 aliphatic carbocycles. The van der Waals surface area contributed by atoms with Crippen molar-refractivity contribution in [3.63, 3.8) is 0 Å². The summed E-state index contributed by atoms with van der Waals surface area (Å²) in [5.74, 6) is 0.245. The number of nitrogens with two attached hydrogens (primary N) is 2. The summed E-state index contributed by atoms with van der Waals surface area (Å²) in [6.07, 6.45) is 0.858. The number of carbonyl (C=O) groups excluding carboxylic acids is 1. The van der Waals surface area contributed by atoms with Gasteiger partial charge in [0.2, 0.25) is 0 Å². The van der Waals surface area contributed by atoms with E-state index < -0.39 is 6.09 Å². The average Bonchev–Trinajstić information content (AvgIpc) is 1.76. The number of primary amides is 1. The van der Waals surface area contributed by atoms with Gasteiger partial charge in [0.05, 0.1) is 0 Å². The molecule has 0 aromatic heterocycles. The van der Waals surface area contributed by atoms with Gasteiger partial charge < -0.3 is 16.2 Å². The maximum Gasteiger partial charge on any atom is 0.405 e.